The second kappa shape index (κ2) is 6.46. The van der Waals surface area contributed by atoms with E-state index in [1.807, 2.05) is 13.8 Å². The number of carboxylic acid groups (broad SMARTS) is 1. The molecule has 20 heavy (non-hydrogen) atoms. The molecule has 0 aromatic carbocycles. The van der Waals surface area contributed by atoms with E-state index in [2.05, 4.69) is 19.2 Å². The number of nitrogens with zero attached hydrogens (tertiary/aromatic N) is 1. The van der Waals surface area contributed by atoms with Crippen molar-refractivity contribution in [2.45, 2.75) is 53.4 Å². The van der Waals surface area contributed by atoms with Gasteiger partial charge in [-0.2, -0.15) is 0 Å². The van der Waals surface area contributed by atoms with Crippen molar-refractivity contribution in [2.24, 2.45) is 10.8 Å². The number of urea groups is 1. The minimum Gasteiger partial charge on any atom is -0.481 e. The Bertz CT molecular complexity index is 362. The highest BCUT2D eigenvalue weighted by molar-refractivity contribution is 5.78. The molecule has 1 rings (SSSR count). The van der Waals surface area contributed by atoms with E-state index < -0.39 is 11.4 Å². The molecular formula is C15H28N2O3. The van der Waals surface area contributed by atoms with Crippen molar-refractivity contribution in [3.8, 4) is 0 Å². The first-order chi connectivity index (χ1) is 9.26. The predicted molar refractivity (Wildman–Crippen MR) is 78.6 cm³/mol. The molecule has 0 unspecified atom stereocenters. The Morgan fingerprint density at radius 3 is 2.35 bits per heavy atom. The van der Waals surface area contributed by atoms with E-state index in [9.17, 15) is 14.7 Å². The van der Waals surface area contributed by atoms with Crippen molar-refractivity contribution in [3.05, 3.63) is 0 Å². The number of carbonyl (C=O) groups excluding carboxylic acids is 1. The van der Waals surface area contributed by atoms with Crippen LogP contribution in [0.1, 0.15) is 53.4 Å². The minimum absolute atomic E-state index is 0.134. The van der Waals surface area contributed by atoms with Gasteiger partial charge in [-0.3, -0.25) is 4.79 Å². The fourth-order valence-corrected chi connectivity index (χ4v) is 2.83. The molecule has 0 aromatic heterocycles. The van der Waals surface area contributed by atoms with Gasteiger partial charge in [0.05, 0.1) is 5.41 Å². The highest BCUT2D eigenvalue weighted by Crippen LogP contribution is 2.29. The molecule has 5 nitrogen and oxygen atoms in total. The fraction of sp³-hybridized carbons (Fsp3) is 0.867. The smallest absolute Gasteiger partial charge is 0.317 e. The zero-order valence-electron chi connectivity index (χ0n) is 13.2. The van der Waals surface area contributed by atoms with Crippen molar-refractivity contribution in [1.29, 1.82) is 0 Å². The summed E-state index contributed by atoms with van der Waals surface area (Å²) >= 11 is 0. The number of hydrogen-bond acceptors (Lipinski definition) is 2. The first kappa shape index (κ1) is 16.8. The number of carboxylic acids is 1. The number of amides is 2. The number of piperidine rings is 1. The Morgan fingerprint density at radius 1 is 1.30 bits per heavy atom. The van der Waals surface area contributed by atoms with Crippen LogP contribution < -0.4 is 5.32 Å². The molecule has 2 N–H and O–H groups in total. The van der Waals surface area contributed by atoms with Crippen molar-refractivity contribution >= 4 is 12.0 Å². The molecule has 1 saturated heterocycles. The molecule has 0 radical (unpaired) electrons. The van der Waals surface area contributed by atoms with E-state index in [1.54, 1.807) is 4.90 Å². The zero-order valence-corrected chi connectivity index (χ0v) is 13.2. The summed E-state index contributed by atoms with van der Waals surface area (Å²) in [5.41, 5.74) is -0.698. The molecule has 1 aliphatic heterocycles. The molecule has 2 amide bonds. The Labute approximate surface area is 121 Å². The van der Waals surface area contributed by atoms with E-state index in [-0.39, 0.29) is 18.0 Å². The zero-order chi connectivity index (χ0) is 15.4. The largest absolute Gasteiger partial charge is 0.481 e. The summed E-state index contributed by atoms with van der Waals surface area (Å²) in [6, 6.07) is -0.134. The van der Waals surface area contributed by atoms with Crippen LogP contribution >= 0.6 is 0 Å². The average molecular weight is 284 g/mol. The van der Waals surface area contributed by atoms with Crippen LogP contribution in [-0.4, -0.2) is 41.6 Å². The number of nitrogens with one attached hydrogen (secondary N) is 1. The molecule has 5 heteroatoms. The maximum absolute atomic E-state index is 12.2. The van der Waals surface area contributed by atoms with Crippen LogP contribution in [0.2, 0.25) is 0 Å². The van der Waals surface area contributed by atoms with Crippen molar-refractivity contribution < 1.29 is 14.7 Å². The quantitative estimate of drug-likeness (QED) is 0.815. The Kier molecular flexibility index (Phi) is 5.42. The highest BCUT2D eigenvalue weighted by atomic mass is 16.4. The normalized spacial score (nSPS) is 18.7. The summed E-state index contributed by atoms with van der Waals surface area (Å²) in [6.07, 6.45) is 3.17. The van der Waals surface area contributed by atoms with Gasteiger partial charge >= 0.3 is 12.0 Å². The van der Waals surface area contributed by atoms with E-state index >= 15 is 0 Å². The SMILES string of the molecule is CCC(CC)(CNC(=O)N1CCCC(C)(C)C1)C(=O)O. The lowest BCUT2D eigenvalue weighted by Crippen LogP contribution is -2.51. The molecule has 1 aliphatic rings. The van der Waals surface area contributed by atoms with Crippen molar-refractivity contribution in [2.75, 3.05) is 19.6 Å². The van der Waals surface area contributed by atoms with Crippen LogP contribution in [0, 0.1) is 10.8 Å². The van der Waals surface area contributed by atoms with E-state index in [1.165, 1.54) is 0 Å². The third-order valence-electron chi connectivity index (χ3n) is 4.57. The highest BCUT2D eigenvalue weighted by Gasteiger charge is 2.36. The third kappa shape index (κ3) is 3.87. The summed E-state index contributed by atoms with van der Waals surface area (Å²) in [4.78, 5) is 25.4. The third-order valence-corrected chi connectivity index (χ3v) is 4.57. The maximum atomic E-state index is 12.2. The van der Waals surface area contributed by atoms with Crippen molar-refractivity contribution in [1.82, 2.24) is 10.2 Å². The number of hydrogen-bond donors (Lipinski definition) is 2. The van der Waals surface area contributed by atoms with Gasteiger partial charge in [-0.1, -0.05) is 27.7 Å². The first-order valence-corrected chi connectivity index (χ1v) is 7.52. The Morgan fingerprint density at radius 2 is 1.90 bits per heavy atom. The van der Waals surface area contributed by atoms with Crippen LogP contribution in [-0.2, 0) is 4.79 Å². The van der Waals surface area contributed by atoms with Gasteiger partial charge in [0.1, 0.15) is 0 Å². The van der Waals surface area contributed by atoms with Gasteiger partial charge in [-0.15, -0.1) is 0 Å². The molecule has 0 spiro atoms. The summed E-state index contributed by atoms with van der Waals surface area (Å²) in [5, 5.41) is 12.2. The molecule has 1 heterocycles. The molecular weight excluding hydrogens is 256 g/mol. The standard InChI is InChI=1S/C15H28N2O3/c1-5-15(6-2,12(18)19)10-16-13(20)17-9-7-8-14(3,4)11-17/h5-11H2,1-4H3,(H,16,20)(H,18,19). The molecule has 0 aliphatic carbocycles. The van der Waals surface area contributed by atoms with Crippen LogP contribution in [0.15, 0.2) is 0 Å². The number of aliphatic carboxylic acids is 1. The lowest BCUT2D eigenvalue weighted by Gasteiger charge is -2.38. The monoisotopic (exact) mass is 284 g/mol. The molecule has 0 aromatic rings. The summed E-state index contributed by atoms with van der Waals surface area (Å²) in [6.45, 7) is 9.72. The lowest BCUT2D eigenvalue weighted by atomic mass is 9.82. The van der Waals surface area contributed by atoms with Crippen molar-refractivity contribution in [3.63, 3.8) is 0 Å². The molecule has 0 saturated carbocycles. The first-order valence-electron chi connectivity index (χ1n) is 7.52. The van der Waals surface area contributed by atoms with Crippen LogP contribution in [0.25, 0.3) is 0 Å². The second-order valence-corrected chi connectivity index (χ2v) is 6.64. The van der Waals surface area contributed by atoms with E-state index in [0.29, 0.717) is 12.8 Å². The summed E-state index contributed by atoms with van der Waals surface area (Å²) in [5.74, 6) is -0.832. The summed E-state index contributed by atoms with van der Waals surface area (Å²) in [7, 11) is 0. The fourth-order valence-electron chi connectivity index (χ4n) is 2.83. The predicted octanol–water partition coefficient (Wildman–Crippen LogP) is 2.71. The number of rotatable bonds is 5. The van der Waals surface area contributed by atoms with Crippen LogP contribution in [0.4, 0.5) is 4.79 Å². The van der Waals surface area contributed by atoms with Gasteiger partial charge in [0.25, 0.3) is 0 Å². The van der Waals surface area contributed by atoms with Gasteiger partial charge in [-0.25, -0.2) is 4.79 Å². The molecule has 0 atom stereocenters. The van der Waals surface area contributed by atoms with E-state index in [0.717, 1.165) is 25.9 Å². The average Bonchev–Trinajstić information content (AvgIpc) is 2.38. The second-order valence-electron chi connectivity index (χ2n) is 6.64. The maximum Gasteiger partial charge on any atom is 0.317 e. The minimum atomic E-state index is -0.846. The van der Waals surface area contributed by atoms with Crippen LogP contribution in [0.3, 0.4) is 0 Å². The molecule has 1 fully saturated rings. The van der Waals surface area contributed by atoms with Gasteiger partial charge in [-0.05, 0) is 31.1 Å². The molecule has 116 valence electrons. The Hall–Kier alpha value is -1.26. The van der Waals surface area contributed by atoms with Gasteiger partial charge in [0.15, 0.2) is 0 Å². The lowest BCUT2D eigenvalue weighted by molar-refractivity contribution is -0.149. The topological polar surface area (TPSA) is 69.6 Å². The van der Waals surface area contributed by atoms with Gasteiger partial charge in [0.2, 0.25) is 0 Å². The van der Waals surface area contributed by atoms with Gasteiger partial charge in [0, 0.05) is 19.6 Å². The Balaban J connectivity index is 2.60. The van der Waals surface area contributed by atoms with E-state index in [4.69, 9.17) is 0 Å². The van der Waals surface area contributed by atoms with Gasteiger partial charge < -0.3 is 15.3 Å². The summed E-state index contributed by atoms with van der Waals surface area (Å²) < 4.78 is 0. The number of carbonyl (C=O) groups is 2. The number of likely N-dealkylation sites (tertiary alicyclic amines) is 1. The van der Waals surface area contributed by atoms with Crippen LogP contribution in [0.5, 0.6) is 0 Å². The molecule has 0 bridgehead atoms.